The molecule has 1 unspecified atom stereocenters. The molecule has 1 aromatic carbocycles. The maximum atomic E-state index is 6.02. The van der Waals surface area contributed by atoms with Crippen LogP contribution in [0.4, 0.5) is 0 Å². The van der Waals surface area contributed by atoms with Crippen molar-refractivity contribution in [1.82, 2.24) is 5.32 Å². The van der Waals surface area contributed by atoms with E-state index in [1.807, 2.05) is 25.2 Å². The van der Waals surface area contributed by atoms with Crippen LogP contribution in [0.15, 0.2) is 35.0 Å². The van der Waals surface area contributed by atoms with Gasteiger partial charge >= 0.3 is 0 Å². The average molecular weight is 272 g/mol. The highest BCUT2D eigenvalue weighted by Crippen LogP contribution is 2.29. The van der Waals surface area contributed by atoms with Crippen molar-refractivity contribution in [2.75, 3.05) is 7.05 Å². The lowest BCUT2D eigenvalue weighted by Crippen LogP contribution is -2.16. The Morgan fingerprint density at radius 2 is 1.94 bits per heavy atom. The molecule has 0 fully saturated rings. The monoisotopic (exact) mass is 271 g/mol. The molecule has 1 atom stereocenters. The largest absolute Gasteiger partial charge is 0.309 e. The highest BCUT2D eigenvalue weighted by molar-refractivity contribution is 7.08. The molecule has 16 heavy (non-hydrogen) atoms. The molecule has 2 rings (SSSR count). The standard InChI is InChI=1S/C12H11Cl2NS/c1-15-12(9-4-5-16-7-9)8-2-3-10(13)11(14)6-8/h2-7,12,15H,1H3. The van der Waals surface area contributed by atoms with Crippen molar-refractivity contribution in [2.45, 2.75) is 6.04 Å². The second kappa shape index (κ2) is 5.19. The molecule has 0 radical (unpaired) electrons. The van der Waals surface area contributed by atoms with Gasteiger partial charge in [0, 0.05) is 0 Å². The van der Waals surface area contributed by atoms with Crippen molar-refractivity contribution >= 4 is 34.5 Å². The fourth-order valence-corrected chi connectivity index (χ4v) is 2.65. The lowest BCUT2D eigenvalue weighted by molar-refractivity contribution is 0.694. The first-order valence-corrected chi connectivity index (χ1v) is 6.56. The molecule has 0 aliphatic rings. The molecule has 2 aromatic rings. The predicted octanol–water partition coefficient (Wildman–Crippen LogP) is 4.36. The second-order valence-electron chi connectivity index (χ2n) is 3.45. The van der Waals surface area contributed by atoms with E-state index >= 15 is 0 Å². The Bertz CT molecular complexity index is 468. The van der Waals surface area contributed by atoms with Crippen LogP contribution in [0.25, 0.3) is 0 Å². The summed E-state index contributed by atoms with van der Waals surface area (Å²) in [4.78, 5) is 0. The van der Waals surface area contributed by atoms with E-state index < -0.39 is 0 Å². The van der Waals surface area contributed by atoms with E-state index in [1.54, 1.807) is 11.3 Å². The lowest BCUT2D eigenvalue weighted by Gasteiger charge is -2.16. The number of benzene rings is 1. The normalized spacial score (nSPS) is 12.7. The van der Waals surface area contributed by atoms with E-state index in [0.717, 1.165) is 5.56 Å². The first-order valence-electron chi connectivity index (χ1n) is 4.86. The van der Waals surface area contributed by atoms with Crippen LogP contribution in [0.3, 0.4) is 0 Å². The average Bonchev–Trinajstić information content (AvgIpc) is 2.78. The van der Waals surface area contributed by atoms with Gasteiger partial charge in [-0.15, -0.1) is 0 Å². The van der Waals surface area contributed by atoms with Gasteiger partial charge in [0.2, 0.25) is 0 Å². The maximum Gasteiger partial charge on any atom is 0.0595 e. The molecule has 84 valence electrons. The summed E-state index contributed by atoms with van der Waals surface area (Å²) in [7, 11) is 1.94. The summed E-state index contributed by atoms with van der Waals surface area (Å²) >= 11 is 13.6. The van der Waals surface area contributed by atoms with Crippen molar-refractivity contribution in [1.29, 1.82) is 0 Å². The van der Waals surface area contributed by atoms with Crippen LogP contribution in [-0.2, 0) is 0 Å². The molecular weight excluding hydrogens is 261 g/mol. The van der Waals surface area contributed by atoms with Gasteiger partial charge in [-0.2, -0.15) is 11.3 Å². The van der Waals surface area contributed by atoms with Gasteiger partial charge in [-0.25, -0.2) is 0 Å². The first-order chi connectivity index (χ1) is 7.72. The molecule has 1 N–H and O–H groups in total. The zero-order valence-electron chi connectivity index (χ0n) is 8.71. The summed E-state index contributed by atoms with van der Waals surface area (Å²) in [5.74, 6) is 0. The molecule has 0 saturated carbocycles. The Hall–Kier alpha value is -0.540. The number of hydrogen-bond donors (Lipinski definition) is 1. The SMILES string of the molecule is CNC(c1ccsc1)c1ccc(Cl)c(Cl)c1. The van der Waals surface area contributed by atoms with Crippen molar-refractivity contribution < 1.29 is 0 Å². The molecule has 1 heterocycles. The minimum atomic E-state index is 0.168. The van der Waals surface area contributed by atoms with E-state index in [0.29, 0.717) is 10.0 Å². The van der Waals surface area contributed by atoms with Gasteiger partial charge in [0.1, 0.15) is 0 Å². The number of rotatable bonds is 3. The van der Waals surface area contributed by atoms with Gasteiger partial charge in [0.25, 0.3) is 0 Å². The van der Waals surface area contributed by atoms with Crippen molar-refractivity contribution in [2.24, 2.45) is 0 Å². The van der Waals surface area contributed by atoms with Crippen LogP contribution < -0.4 is 5.32 Å². The summed E-state index contributed by atoms with van der Waals surface area (Å²) in [6.45, 7) is 0. The van der Waals surface area contributed by atoms with Crippen molar-refractivity contribution in [3.05, 3.63) is 56.2 Å². The Balaban J connectivity index is 2.37. The van der Waals surface area contributed by atoms with E-state index in [1.165, 1.54) is 5.56 Å². The van der Waals surface area contributed by atoms with Gasteiger partial charge in [-0.1, -0.05) is 29.3 Å². The van der Waals surface area contributed by atoms with Crippen LogP contribution in [0.5, 0.6) is 0 Å². The van der Waals surface area contributed by atoms with E-state index in [4.69, 9.17) is 23.2 Å². The van der Waals surface area contributed by atoms with Gasteiger partial charge in [0.05, 0.1) is 16.1 Å². The van der Waals surface area contributed by atoms with Gasteiger partial charge in [0.15, 0.2) is 0 Å². The summed E-state index contributed by atoms with van der Waals surface area (Å²) in [5, 5.41) is 8.65. The third-order valence-electron chi connectivity index (χ3n) is 2.44. The van der Waals surface area contributed by atoms with E-state index in [9.17, 15) is 0 Å². The zero-order valence-corrected chi connectivity index (χ0v) is 11.0. The van der Waals surface area contributed by atoms with Crippen LogP contribution in [0.1, 0.15) is 17.2 Å². The molecule has 0 aliphatic carbocycles. The molecule has 0 spiro atoms. The first kappa shape index (κ1) is 11.9. The molecular formula is C12H11Cl2NS. The highest BCUT2D eigenvalue weighted by Gasteiger charge is 2.13. The third kappa shape index (κ3) is 2.41. The molecule has 0 saturated heterocycles. The van der Waals surface area contributed by atoms with Crippen molar-refractivity contribution in [3.63, 3.8) is 0 Å². The minimum absolute atomic E-state index is 0.168. The molecule has 4 heteroatoms. The number of nitrogens with one attached hydrogen (secondary N) is 1. The minimum Gasteiger partial charge on any atom is -0.309 e. The fourth-order valence-electron chi connectivity index (χ4n) is 1.66. The van der Waals surface area contributed by atoms with Gasteiger partial charge < -0.3 is 5.32 Å². The summed E-state index contributed by atoms with van der Waals surface area (Å²) < 4.78 is 0. The predicted molar refractivity (Wildman–Crippen MR) is 71.7 cm³/mol. The van der Waals surface area contributed by atoms with Gasteiger partial charge in [-0.05, 0) is 47.1 Å². The summed E-state index contributed by atoms with van der Waals surface area (Å²) in [5.41, 5.74) is 2.36. The Morgan fingerprint density at radius 1 is 1.12 bits per heavy atom. The van der Waals surface area contributed by atoms with Crippen LogP contribution in [0.2, 0.25) is 10.0 Å². The maximum absolute atomic E-state index is 6.02. The third-order valence-corrected chi connectivity index (χ3v) is 3.88. The zero-order chi connectivity index (χ0) is 11.5. The number of hydrogen-bond acceptors (Lipinski definition) is 2. The lowest BCUT2D eigenvalue weighted by atomic mass is 10.0. The smallest absolute Gasteiger partial charge is 0.0595 e. The van der Waals surface area contributed by atoms with Gasteiger partial charge in [-0.3, -0.25) is 0 Å². The molecule has 1 nitrogen and oxygen atoms in total. The number of thiophene rings is 1. The number of halogens is 2. The van der Waals surface area contributed by atoms with Crippen molar-refractivity contribution in [3.8, 4) is 0 Å². The van der Waals surface area contributed by atoms with E-state index in [-0.39, 0.29) is 6.04 Å². The topological polar surface area (TPSA) is 12.0 Å². The van der Waals surface area contributed by atoms with E-state index in [2.05, 4.69) is 22.1 Å². The molecule has 0 bridgehead atoms. The summed E-state index contributed by atoms with van der Waals surface area (Å²) in [6, 6.07) is 8.00. The fraction of sp³-hybridized carbons (Fsp3) is 0.167. The summed E-state index contributed by atoms with van der Waals surface area (Å²) in [6.07, 6.45) is 0. The highest BCUT2D eigenvalue weighted by atomic mass is 35.5. The second-order valence-corrected chi connectivity index (χ2v) is 5.05. The molecule has 1 aromatic heterocycles. The Morgan fingerprint density at radius 3 is 2.50 bits per heavy atom. The van der Waals surface area contributed by atoms with Crippen LogP contribution >= 0.6 is 34.5 Å². The Kier molecular flexibility index (Phi) is 3.87. The quantitative estimate of drug-likeness (QED) is 0.875. The van der Waals surface area contributed by atoms with Crippen LogP contribution in [-0.4, -0.2) is 7.05 Å². The molecule has 0 aliphatic heterocycles. The Labute approximate surface area is 109 Å². The molecule has 0 amide bonds. The van der Waals surface area contributed by atoms with Crippen LogP contribution in [0, 0.1) is 0 Å².